The second-order valence-corrected chi connectivity index (χ2v) is 7.01. The van der Waals surface area contributed by atoms with E-state index in [4.69, 9.17) is 11.6 Å². The summed E-state index contributed by atoms with van der Waals surface area (Å²) in [5.41, 5.74) is 1.45. The molecular formula is C22H23ClN2O2. The van der Waals surface area contributed by atoms with E-state index in [-0.39, 0.29) is 17.5 Å². The second kappa shape index (κ2) is 9.38. The molecule has 4 nitrogen and oxygen atoms in total. The Bertz CT molecular complexity index is 825. The third-order valence-electron chi connectivity index (χ3n) is 4.61. The highest BCUT2D eigenvalue weighted by Crippen LogP contribution is 2.19. The van der Waals surface area contributed by atoms with Crippen LogP contribution in [-0.2, 0) is 4.79 Å². The molecule has 2 amide bonds. The zero-order valence-corrected chi connectivity index (χ0v) is 15.9. The van der Waals surface area contributed by atoms with Gasteiger partial charge in [0.2, 0.25) is 0 Å². The lowest BCUT2D eigenvalue weighted by atomic mass is 10.1. The van der Waals surface area contributed by atoms with Crippen LogP contribution in [0.5, 0.6) is 0 Å². The van der Waals surface area contributed by atoms with Gasteiger partial charge in [0.15, 0.2) is 0 Å². The predicted molar refractivity (Wildman–Crippen MR) is 108 cm³/mol. The van der Waals surface area contributed by atoms with Gasteiger partial charge in [-0.15, -0.1) is 0 Å². The topological polar surface area (TPSA) is 49.4 Å². The summed E-state index contributed by atoms with van der Waals surface area (Å²) < 4.78 is 0. The molecule has 0 aliphatic carbocycles. The summed E-state index contributed by atoms with van der Waals surface area (Å²) in [6.07, 6.45) is 5.89. The number of benzene rings is 2. The maximum absolute atomic E-state index is 13.1. The Morgan fingerprint density at radius 1 is 0.889 bits per heavy atom. The van der Waals surface area contributed by atoms with Gasteiger partial charge < -0.3 is 10.2 Å². The number of carbonyl (C=O) groups is 2. The van der Waals surface area contributed by atoms with E-state index in [9.17, 15) is 9.59 Å². The molecule has 2 aromatic rings. The van der Waals surface area contributed by atoms with Gasteiger partial charge in [-0.3, -0.25) is 9.59 Å². The molecule has 5 heteroatoms. The molecule has 1 aliphatic rings. The standard InChI is InChI=1S/C22H23ClN2O2/c23-19-13-7-6-12-18(19)16-20(22(27)25-14-8-1-2-9-15-25)24-21(26)17-10-4-3-5-11-17/h3-7,10-13,16H,1-2,8-9,14-15H2,(H,24,26)/b20-16-. The number of amides is 2. The molecule has 0 radical (unpaired) electrons. The van der Waals surface area contributed by atoms with Crippen molar-refractivity contribution in [1.82, 2.24) is 10.2 Å². The fourth-order valence-electron chi connectivity index (χ4n) is 3.13. The van der Waals surface area contributed by atoms with Crippen LogP contribution < -0.4 is 5.32 Å². The average Bonchev–Trinajstić information content (AvgIpc) is 2.98. The summed E-state index contributed by atoms with van der Waals surface area (Å²) in [4.78, 5) is 27.6. The predicted octanol–water partition coefficient (Wildman–Crippen LogP) is 4.51. The second-order valence-electron chi connectivity index (χ2n) is 6.61. The molecule has 0 atom stereocenters. The molecule has 0 bridgehead atoms. The molecule has 27 heavy (non-hydrogen) atoms. The van der Waals surface area contributed by atoms with Crippen molar-refractivity contribution in [3.63, 3.8) is 0 Å². The van der Waals surface area contributed by atoms with Crippen LogP contribution in [-0.4, -0.2) is 29.8 Å². The lowest BCUT2D eigenvalue weighted by Crippen LogP contribution is -2.39. The molecule has 140 valence electrons. The van der Waals surface area contributed by atoms with E-state index in [2.05, 4.69) is 5.32 Å². The van der Waals surface area contributed by atoms with Gasteiger partial charge in [0.1, 0.15) is 5.70 Å². The van der Waals surface area contributed by atoms with Crippen LogP contribution in [0.1, 0.15) is 41.6 Å². The number of nitrogens with zero attached hydrogens (tertiary/aromatic N) is 1. The van der Waals surface area contributed by atoms with E-state index in [1.807, 2.05) is 29.2 Å². The Hall–Kier alpha value is -2.59. The lowest BCUT2D eigenvalue weighted by Gasteiger charge is -2.22. The highest BCUT2D eigenvalue weighted by Gasteiger charge is 2.22. The van der Waals surface area contributed by atoms with E-state index < -0.39 is 0 Å². The van der Waals surface area contributed by atoms with E-state index in [1.54, 1.807) is 36.4 Å². The van der Waals surface area contributed by atoms with Gasteiger partial charge in [-0.1, -0.05) is 60.8 Å². The van der Waals surface area contributed by atoms with Crippen molar-refractivity contribution in [3.05, 3.63) is 76.4 Å². The van der Waals surface area contributed by atoms with Crippen LogP contribution in [0.2, 0.25) is 5.02 Å². The number of hydrogen-bond donors (Lipinski definition) is 1. The van der Waals surface area contributed by atoms with E-state index in [1.165, 1.54) is 0 Å². The normalized spacial score (nSPS) is 15.1. The number of carbonyl (C=O) groups excluding carboxylic acids is 2. The minimum Gasteiger partial charge on any atom is -0.337 e. The SMILES string of the molecule is O=C(N/C(=C\c1ccccc1Cl)C(=O)N1CCCCCC1)c1ccccc1. The van der Waals surface area contributed by atoms with Crippen molar-refractivity contribution >= 4 is 29.5 Å². The first-order chi connectivity index (χ1) is 13.1. The van der Waals surface area contributed by atoms with Crippen molar-refractivity contribution in [2.24, 2.45) is 0 Å². The quantitative estimate of drug-likeness (QED) is 0.790. The molecule has 3 rings (SSSR count). The molecule has 1 saturated heterocycles. The zero-order chi connectivity index (χ0) is 19.1. The summed E-state index contributed by atoms with van der Waals surface area (Å²) in [7, 11) is 0. The summed E-state index contributed by atoms with van der Waals surface area (Å²) in [5.74, 6) is -0.474. The van der Waals surface area contributed by atoms with Gasteiger partial charge in [-0.25, -0.2) is 0 Å². The highest BCUT2D eigenvalue weighted by atomic mass is 35.5. The monoisotopic (exact) mass is 382 g/mol. The van der Waals surface area contributed by atoms with E-state index >= 15 is 0 Å². The van der Waals surface area contributed by atoms with Crippen LogP contribution in [0.3, 0.4) is 0 Å². The van der Waals surface area contributed by atoms with Gasteiger partial charge in [-0.2, -0.15) is 0 Å². The molecule has 0 spiro atoms. The first-order valence-corrected chi connectivity index (χ1v) is 9.65. The fraction of sp³-hybridized carbons (Fsp3) is 0.273. The van der Waals surface area contributed by atoms with Crippen molar-refractivity contribution in [2.75, 3.05) is 13.1 Å². The first kappa shape index (κ1) is 19.2. The van der Waals surface area contributed by atoms with Gasteiger partial charge in [-0.05, 0) is 42.7 Å². The number of hydrogen-bond acceptors (Lipinski definition) is 2. The average molecular weight is 383 g/mol. The van der Waals surface area contributed by atoms with Crippen molar-refractivity contribution in [3.8, 4) is 0 Å². The summed E-state index contributed by atoms with van der Waals surface area (Å²) in [5, 5.41) is 3.33. The maximum atomic E-state index is 13.1. The molecule has 2 aromatic carbocycles. The summed E-state index contributed by atoms with van der Waals surface area (Å²) in [6, 6.07) is 16.2. The summed E-state index contributed by atoms with van der Waals surface area (Å²) in [6.45, 7) is 1.42. The van der Waals surface area contributed by atoms with Gasteiger partial charge in [0.25, 0.3) is 11.8 Å². The first-order valence-electron chi connectivity index (χ1n) is 9.27. The van der Waals surface area contributed by atoms with E-state index in [0.717, 1.165) is 25.7 Å². The highest BCUT2D eigenvalue weighted by molar-refractivity contribution is 6.32. The van der Waals surface area contributed by atoms with Crippen LogP contribution in [0.4, 0.5) is 0 Å². The minimum absolute atomic E-state index is 0.166. The lowest BCUT2D eigenvalue weighted by molar-refractivity contribution is -0.127. The Morgan fingerprint density at radius 2 is 1.52 bits per heavy atom. The maximum Gasteiger partial charge on any atom is 0.270 e. The molecule has 1 aliphatic heterocycles. The largest absolute Gasteiger partial charge is 0.337 e. The molecule has 1 N–H and O–H groups in total. The van der Waals surface area contributed by atoms with Crippen molar-refractivity contribution in [2.45, 2.75) is 25.7 Å². The summed E-state index contributed by atoms with van der Waals surface area (Å²) >= 11 is 6.26. The number of nitrogens with one attached hydrogen (secondary N) is 1. The molecule has 1 fully saturated rings. The van der Waals surface area contributed by atoms with E-state index in [0.29, 0.717) is 29.2 Å². The minimum atomic E-state index is -0.308. The molecule has 0 unspecified atom stereocenters. The van der Waals surface area contributed by atoms with Gasteiger partial charge in [0.05, 0.1) is 0 Å². The molecular weight excluding hydrogens is 360 g/mol. The Kier molecular flexibility index (Phi) is 6.66. The van der Waals surface area contributed by atoms with Gasteiger partial charge >= 0.3 is 0 Å². The molecule has 0 saturated carbocycles. The Balaban J connectivity index is 1.89. The van der Waals surface area contributed by atoms with Crippen LogP contribution in [0, 0.1) is 0 Å². The van der Waals surface area contributed by atoms with Gasteiger partial charge in [0, 0.05) is 23.7 Å². The Labute approximate surface area is 164 Å². The fourth-order valence-corrected chi connectivity index (χ4v) is 3.32. The Morgan fingerprint density at radius 3 is 2.19 bits per heavy atom. The smallest absolute Gasteiger partial charge is 0.270 e. The number of rotatable bonds is 4. The molecule has 0 aromatic heterocycles. The zero-order valence-electron chi connectivity index (χ0n) is 15.2. The third kappa shape index (κ3) is 5.20. The third-order valence-corrected chi connectivity index (χ3v) is 4.96. The van der Waals surface area contributed by atoms with Crippen LogP contribution in [0.15, 0.2) is 60.3 Å². The number of halogens is 1. The molecule has 1 heterocycles. The van der Waals surface area contributed by atoms with Crippen LogP contribution in [0.25, 0.3) is 6.08 Å². The number of likely N-dealkylation sites (tertiary alicyclic amines) is 1. The van der Waals surface area contributed by atoms with Crippen LogP contribution >= 0.6 is 11.6 Å². The van der Waals surface area contributed by atoms with Crippen molar-refractivity contribution < 1.29 is 9.59 Å². The van der Waals surface area contributed by atoms with Crippen molar-refractivity contribution in [1.29, 1.82) is 0 Å².